The van der Waals surface area contributed by atoms with Crippen molar-refractivity contribution in [2.75, 3.05) is 19.7 Å². The number of halogens is 1. The number of ether oxygens (including phenoxy) is 2. The van der Waals surface area contributed by atoms with Gasteiger partial charge in [0.1, 0.15) is 17.7 Å². The van der Waals surface area contributed by atoms with Crippen molar-refractivity contribution < 1.29 is 33.8 Å². The first-order chi connectivity index (χ1) is 23.5. The molecule has 3 amide bonds. The molecule has 10 nitrogen and oxygen atoms in total. The summed E-state index contributed by atoms with van der Waals surface area (Å²) in [5, 5.41) is 12.5. The molecule has 2 bridgehead atoms. The van der Waals surface area contributed by atoms with Crippen molar-refractivity contribution >= 4 is 39.6 Å². The van der Waals surface area contributed by atoms with Crippen molar-refractivity contribution in [3.63, 3.8) is 0 Å². The van der Waals surface area contributed by atoms with Crippen molar-refractivity contribution in [1.29, 1.82) is 0 Å². The van der Waals surface area contributed by atoms with E-state index in [1.807, 2.05) is 44.2 Å². The summed E-state index contributed by atoms with van der Waals surface area (Å²) in [4.78, 5) is 59.8. The van der Waals surface area contributed by atoms with Gasteiger partial charge in [0.15, 0.2) is 0 Å². The largest absolute Gasteiger partial charge is 0.455 e. The fourth-order valence-corrected chi connectivity index (χ4v) is 9.50. The fourth-order valence-electron chi connectivity index (χ4n) is 8.56. The van der Waals surface area contributed by atoms with Gasteiger partial charge in [-0.1, -0.05) is 79.2 Å². The molecular weight excluding hydrogens is 702 g/mol. The minimum atomic E-state index is -1.26. The van der Waals surface area contributed by atoms with E-state index in [1.165, 1.54) is 0 Å². The smallest absolute Gasteiger partial charge is 0.313 e. The predicted molar refractivity (Wildman–Crippen MR) is 196 cm³/mol. The standard InChI is InChI=1S/C39H56BrN3O7/c1-9-11-19-28(45)41-25(3)31(26-17-13-12-14-18-26)49-36(48)29-30-34(46)42(21-15-16-22-44)33(39(30)23-27(40)32(29)50-39)35(47)43(20-10-2)38(7,8)24-37(4,5)6/h9-10,12-14,17-18,25,27,29-33,44H,1-2,11,15-16,19-24H2,3-8H3,(H,41,45)/t25-,27?,29-,30+,31-,32-,33-,39+/m0/s1. The Morgan fingerprint density at radius 1 is 1.16 bits per heavy atom. The van der Waals surface area contributed by atoms with Crippen LogP contribution in [0.15, 0.2) is 55.6 Å². The molecule has 0 saturated carbocycles. The number of esters is 1. The Hall–Kier alpha value is -3.02. The number of benzene rings is 1. The van der Waals surface area contributed by atoms with E-state index in [-0.39, 0.29) is 54.1 Å². The second kappa shape index (κ2) is 16.1. The maximum Gasteiger partial charge on any atom is 0.313 e. The number of rotatable bonds is 17. The summed E-state index contributed by atoms with van der Waals surface area (Å²) < 4.78 is 13.0. The second-order valence-corrected chi connectivity index (χ2v) is 17.0. The molecule has 11 heteroatoms. The zero-order chi connectivity index (χ0) is 37.0. The number of likely N-dealkylation sites (tertiary alicyclic amines) is 1. The number of nitrogens with zero attached hydrogens (tertiary/aromatic N) is 2. The Morgan fingerprint density at radius 2 is 1.84 bits per heavy atom. The number of carbonyl (C=O) groups excluding carboxylic acids is 4. The van der Waals surface area contributed by atoms with E-state index in [0.29, 0.717) is 37.7 Å². The third-order valence-corrected chi connectivity index (χ3v) is 11.0. The van der Waals surface area contributed by atoms with Crippen LogP contribution in [0.5, 0.6) is 0 Å². The Labute approximate surface area is 306 Å². The molecule has 0 radical (unpaired) electrons. The zero-order valence-corrected chi connectivity index (χ0v) is 32.1. The van der Waals surface area contributed by atoms with E-state index in [9.17, 15) is 24.3 Å². The molecule has 4 rings (SSSR count). The van der Waals surface area contributed by atoms with Gasteiger partial charge in [-0.2, -0.15) is 0 Å². The highest BCUT2D eigenvalue weighted by molar-refractivity contribution is 9.09. The molecule has 3 aliphatic heterocycles. The second-order valence-electron chi connectivity index (χ2n) is 15.9. The molecule has 276 valence electrons. The summed E-state index contributed by atoms with van der Waals surface area (Å²) >= 11 is 3.76. The van der Waals surface area contributed by atoms with E-state index in [0.717, 1.165) is 0 Å². The Morgan fingerprint density at radius 3 is 2.44 bits per heavy atom. The molecule has 0 aromatic heterocycles. The first-order valence-electron chi connectivity index (χ1n) is 17.8. The first-order valence-corrected chi connectivity index (χ1v) is 18.8. The number of carbonyl (C=O) groups is 4. The third-order valence-electron chi connectivity index (χ3n) is 10.2. The summed E-state index contributed by atoms with van der Waals surface area (Å²) in [6, 6.07) is 7.65. The normalized spacial score (nSPS) is 27.0. The molecule has 2 N–H and O–H groups in total. The zero-order valence-electron chi connectivity index (χ0n) is 30.5. The lowest BCUT2D eigenvalue weighted by molar-refractivity contribution is -0.162. The summed E-state index contributed by atoms with van der Waals surface area (Å²) in [5.41, 5.74) is -1.24. The number of fused-ring (bicyclic) bond motifs is 1. The van der Waals surface area contributed by atoms with E-state index in [4.69, 9.17) is 9.47 Å². The Kier molecular flexibility index (Phi) is 12.8. The number of nitrogens with one attached hydrogen (secondary N) is 1. The lowest BCUT2D eigenvalue weighted by Crippen LogP contribution is -2.61. The molecule has 50 heavy (non-hydrogen) atoms. The topological polar surface area (TPSA) is 125 Å². The molecular formula is C39H56BrN3O7. The van der Waals surface area contributed by atoms with Crippen LogP contribution in [0, 0.1) is 17.3 Å². The lowest BCUT2D eigenvalue weighted by atomic mass is 9.70. The first kappa shape index (κ1) is 39.8. The SMILES string of the molecule is C=CCCC(=O)N[C@@H](C)[C@H](OC(=O)[C@@H]1[C@H]2O[C@@]3(CC2Br)[C@H](C(=O)N(CC=C)C(C)(C)CC(C)(C)C)N(CCCCO)C(=O)[C@@H]13)c1ccccc1. The van der Waals surface area contributed by atoms with Gasteiger partial charge < -0.3 is 29.7 Å². The van der Waals surface area contributed by atoms with E-state index in [2.05, 4.69) is 55.2 Å². The van der Waals surface area contributed by atoms with Crippen LogP contribution in [0.4, 0.5) is 0 Å². The molecule has 1 unspecified atom stereocenters. The number of hydrogen-bond donors (Lipinski definition) is 2. The molecule has 3 heterocycles. The van der Waals surface area contributed by atoms with E-state index in [1.54, 1.807) is 28.9 Å². The Bertz CT molecular complexity index is 1410. The number of hydrogen-bond acceptors (Lipinski definition) is 7. The van der Waals surface area contributed by atoms with Crippen molar-refractivity contribution in [3.05, 3.63) is 61.2 Å². The van der Waals surface area contributed by atoms with Gasteiger partial charge in [-0.25, -0.2) is 0 Å². The van der Waals surface area contributed by atoms with Gasteiger partial charge in [-0.15, -0.1) is 13.2 Å². The predicted octanol–water partition coefficient (Wildman–Crippen LogP) is 5.49. The number of aliphatic hydroxyl groups excluding tert-OH is 1. The van der Waals surface area contributed by atoms with E-state index >= 15 is 0 Å². The molecule has 1 spiro atoms. The molecule has 1 aromatic rings. The van der Waals surface area contributed by atoms with E-state index < -0.39 is 53.2 Å². The molecule has 3 saturated heterocycles. The summed E-state index contributed by atoms with van der Waals surface area (Å²) in [6.07, 6.45) is 4.61. The van der Waals surface area contributed by atoms with Crippen molar-refractivity contribution in [3.8, 4) is 0 Å². The van der Waals surface area contributed by atoms with Gasteiger partial charge in [0.2, 0.25) is 17.7 Å². The van der Waals surface area contributed by atoms with Crippen LogP contribution in [0.25, 0.3) is 0 Å². The van der Waals surface area contributed by atoms with Gasteiger partial charge in [-0.05, 0) is 63.9 Å². The van der Waals surface area contributed by atoms with Crippen LogP contribution in [0.3, 0.4) is 0 Å². The van der Waals surface area contributed by atoms with Crippen LogP contribution in [-0.4, -0.2) is 92.4 Å². The fraction of sp³-hybridized carbons (Fsp3) is 0.641. The summed E-state index contributed by atoms with van der Waals surface area (Å²) in [7, 11) is 0. The van der Waals surface area contributed by atoms with Crippen LogP contribution >= 0.6 is 15.9 Å². The minimum absolute atomic E-state index is 0.0450. The highest BCUT2D eigenvalue weighted by Crippen LogP contribution is 2.60. The molecule has 0 aliphatic carbocycles. The van der Waals surface area contributed by atoms with Gasteiger partial charge in [-0.3, -0.25) is 19.2 Å². The number of allylic oxidation sites excluding steroid dienone is 1. The van der Waals surface area contributed by atoms with Crippen molar-refractivity contribution in [2.45, 2.75) is 120 Å². The maximum atomic E-state index is 15.0. The Balaban J connectivity index is 1.72. The van der Waals surface area contributed by atoms with Crippen LogP contribution in [-0.2, 0) is 28.7 Å². The summed E-state index contributed by atoms with van der Waals surface area (Å²) in [5.74, 6) is -3.29. The highest BCUT2D eigenvalue weighted by Gasteiger charge is 2.77. The molecule has 1 aromatic carbocycles. The molecule has 8 atom stereocenters. The van der Waals surface area contributed by atoms with Crippen molar-refractivity contribution in [1.82, 2.24) is 15.1 Å². The number of alkyl halides is 1. The number of aliphatic hydroxyl groups is 1. The number of amides is 3. The monoisotopic (exact) mass is 757 g/mol. The van der Waals surface area contributed by atoms with Crippen LogP contribution < -0.4 is 5.32 Å². The average Bonchev–Trinajstić information content (AvgIpc) is 3.63. The van der Waals surface area contributed by atoms with Gasteiger partial charge in [0.05, 0.1) is 24.0 Å². The molecule has 3 aliphatic rings. The van der Waals surface area contributed by atoms with Gasteiger partial charge >= 0.3 is 5.97 Å². The lowest BCUT2D eigenvalue weighted by Gasteiger charge is -2.45. The van der Waals surface area contributed by atoms with Crippen LogP contribution in [0.1, 0.15) is 91.7 Å². The number of unbranched alkanes of at least 4 members (excludes halogenated alkanes) is 1. The highest BCUT2D eigenvalue weighted by atomic mass is 79.9. The maximum absolute atomic E-state index is 15.0. The van der Waals surface area contributed by atoms with Crippen molar-refractivity contribution in [2.24, 2.45) is 17.3 Å². The summed E-state index contributed by atoms with van der Waals surface area (Å²) in [6.45, 7) is 20.3. The minimum Gasteiger partial charge on any atom is -0.455 e. The quantitative estimate of drug-likeness (QED) is 0.0932. The van der Waals surface area contributed by atoms with Gasteiger partial charge in [0, 0.05) is 36.5 Å². The third kappa shape index (κ3) is 8.20. The average molecular weight is 759 g/mol. The van der Waals surface area contributed by atoms with Gasteiger partial charge in [0.25, 0.3) is 0 Å². The molecule has 3 fully saturated rings. The van der Waals surface area contributed by atoms with Crippen LogP contribution in [0.2, 0.25) is 0 Å².